The third kappa shape index (κ3) is 3.70. The predicted octanol–water partition coefficient (Wildman–Crippen LogP) is 5.35. The number of benzene rings is 2. The summed E-state index contributed by atoms with van der Waals surface area (Å²) in [6.45, 7) is 3.91. The van der Waals surface area contributed by atoms with Crippen molar-refractivity contribution in [3.05, 3.63) is 72.8 Å². The first-order valence-corrected chi connectivity index (χ1v) is 8.59. The van der Waals surface area contributed by atoms with Gasteiger partial charge in [-0.25, -0.2) is 9.97 Å². The molecule has 1 heterocycles. The predicted molar refractivity (Wildman–Crippen MR) is 111 cm³/mol. The molecule has 0 spiro atoms. The van der Waals surface area contributed by atoms with Crippen molar-refractivity contribution in [3.8, 4) is 11.1 Å². The van der Waals surface area contributed by atoms with E-state index in [9.17, 15) is 0 Å². The Labute approximate surface area is 154 Å². The first-order valence-electron chi connectivity index (χ1n) is 8.59. The van der Waals surface area contributed by atoms with Gasteiger partial charge in [0, 0.05) is 42.3 Å². The third-order valence-corrected chi connectivity index (χ3v) is 4.11. The van der Waals surface area contributed by atoms with Gasteiger partial charge in [0.1, 0.15) is 6.33 Å². The van der Waals surface area contributed by atoms with Crippen LogP contribution < -0.4 is 5.32 Å². The monoisotopic (exact) mass is 342 g/mol. The van der Waals surface area contributed by atoms with E-state index < -0.39 is 0 Å². The van der Waals surface area contributed by atoms with Crippen LogP contribution in [0, 0.1) is 0 Å². The maximum absolute atomic E-state index is 4.52. The summed E-state index contributed by atoms with van der Waals surface area (Å²) in [5, 5.41) is 4.20. The van der Waals surface area contributed by atoms with E-state index in [1.54, 1.807) is 12.5 Å². The van der Waals surface area contributed by atoms with Gasteiger partial charge in [0.15, 0.2) is 0 Å². The largest absolute Gasteiger partial charge is 0.388 e. The van der Waals surface area contributed by atoms with Gasteiger partial charge in [0.2, 0.25) is 0 Å². The molecule has 0 saturated heterocycles. The van der Waals surface area contributed by atoms with Crippen molar-refractivity contribution in [2.45, 2.75) is 13.8 Å². The summed E-state index contributed by atoms with van der Waals surface area (Å²) in [6, 6.07) is 12.6. The van der Waals surface area contributed by atoms with Crippen molar-refractivity contribution < 1.29 is 0 Å². The van der Waals surface area contributed by atoms with E-state index in [1.807, 2.05) is 51.5 Å². The molecule has 3 aromatic rings. The van der Waals surface area contributed by atoms with Gasteiger partial charge < -0.3 is 5.32 Å². The molecule has 0 fully saturated rings. The number of hydrogen-bond acceptors (Lipinski definition) is 4. The lowest BCUT2D eigenvalue weighted by Gasteiger charge is -2.11. The zero-order chi connectivity index (χ0) is 18.4. The second-order valence-corrected chi connectivity index (χ2v) is 5.81. The average molecular weight is 342 g/mol. The Kier molecular flexibility index (Phi) is 5.54. The van der Waals surface area contributed by atoms with Crippen LogP contribution in [0.25, 0.3) is 27.6 Å². The summed E-state index contributed by atoms with van der Waals surface area (Å²) in [4.78, 5) is 13.0. The van der Waals surface area contributed by atoms with Crippen molar-refractivity contribution in [3.63, 3.8) is 0 Å². The maximum Gasteiger partial charge on any atom is 0.116 e. The highest BCUT2D eigenvalue weighted by Crippen LogP contribution is 2.32. The molecule has 130 valence electrons. The number of allylic oxidation sites excluding steroid dienone is 3. The molecule has 0 radical (unpaired) electrons. The quantitative estimate of drug-likeness (QED) is 0.502. The molecule has 0 aliphatic rings. The van der Waals surface area contributed by atoms with Crippen LogP contribution in [0.2, 0.25) is 0 Å². The molecule has 0 amide bonds. The van der Waals surface area contributed by atoms with Crippen LogP contribution in [0.5, 0.6) is 0 Å². The Morgan fingerprint density at radius 3 is 2.81 bits per heavy atom. The molecule has 0 unspecified atom stereocenters. The van der Waals surface area contributed by atoms with E-state index in [-0.39, 0.29) is 0 Å². The van der Waals surface area contributed by atoms with Gasteiger partial charge in [-0.2, -0.15) is 0 Å². The van der Waals surface area contributed by atoms with Gasteiger partial charge in [-0.15, -0.1) is 0 Å². The molecule has 0 bridgehead atoms. The molecule has 0 atom stereocenters. The fraction of sp³-hybridized carbons (Fsp3) is 0.136. The van der Waals surface area contributed by atoms with E-state index in [4.69, 9.17) is 0 Å². The van der Waals surface area contributed by atoms with Gasteiger partial charge in [0.05, 0.1) is 5.52 Å². The van der Waals surface area contributed by atoms with Crippen LogP contribution in [0.4, 0.5) is 5.69 Å². The minimum atomic E-state index is 0.941. The van der Waals surface area contributed by atoms with E-state index in [0.29, 0.717) is 0 Å². The second-order valence-electron chi connectivity index (χ2n) is 5.81. The number of anilines is 1. The molecule has 0 aliphatic carbocycles. The molecule has 1 aromatic heterocycles. The van der Waals surface area contributed by atoms with Gasteiger partial charge in [-0.3, -0.25) is 4.99 Å². The number of aromatic nitrogens is 2. The van der Waals surface area contributed by atoms with Crippen LogP contribution >= 0.6 is 0 Å². The van der Waals surface area contributed by atoms with Crippen molar-refractivity contribution in [1.82, 2.24) is 9.97 Å². The van der Waals surface area contributed by atoms with Gasteiger partial charge >= 0.3 is 0 Å². The van der Waals surface area contributed by atoms with Crippen molar-refractivity contribution in [2.24, 2.45) is 4.99 Å². The fourth-order valence-corrected chi connectivity index (χ4v) is 2.88. The minimum absolute atomic E-state index is 0.941. The summed E-state index contributed by atoms with van der Waals surface area (Å²) in [6.07, 6.45) is 11.2. The van der Waals surface area contributed by atoms with Crippen molar-refractivity contribution in [1.29, 1.82) is 0 Å². The lowest BCUT2D eigenvalue weighted by atomic mass is 9.96. The Morgan fingerprint density at radius 2 is 2.04 bits per heavy atom. The smallest absolute Gasteiger partial charge is 0.116 e. The second kappa shape index (κ2) is 8.21. The Morgan fingerprint density at radius 1 is 1.15 bits per heavy atom. The molecule has 0 saturated carbocycles. The molecule has 26 heavy (non-hydrogen) atoms. The lowest BCUT2D eigenvalue weighted by molar-refractivity contribution is 1.22. The Balaban J connectivity index is 2.27. The highest BCUT2D eigenvalue weighted by Gasteiger charge is 2.10. The highest BCUT2D eigenvalue weighted by atomic mass is 14.8. The average Bonchev–Trinajstić information content (AvgIpc) is 2.70. The van der Waals surface area contributed by atoms with E-state index in [0.717, 1.165) is 38.9 Å². The molecule has 2 aromatic carbocycles. The van der Waals surface area contributed by atoms with Gasteiger partial charge in [-0.1, -0.05) is 24.3 Å². The summed E-state index contributed by atoms with van der Waals surface area (Å²) >= 11 is 0. The molecule has 4 nitrogen and oxygen atoms in total. The summed E-state index contributed by atoms with van der Waals surface area (Å²) < 4.78 is 0. The van der Waals surface area contributed by atoms with Crippen molar-refractivity contribution in [2.75, 3.05) is 12.4 Å². The number of aliphatic imine (C=N–C) groups is 1. The number of nitrogens with one attached hydrogen (secondary N) is 1. The zero-order valence-electron chi connectivity index (χ0n) is 15.3. The van der Waals surface area contributed by atoms with Crippen LogP contribution in [-0.2, 0) is 0 Å². The first kappa shape index (κ1) is 17.5. The summed E-state index contributed by atoms with van der Waals surface area (Å²) in [7, 11) is 1.92. The number of nitrogens with zero attached hydrogens (tertiary/aromatic N) is 3. The zero-order valence-corrected chi connectivity index (χ0v) is 15.3. The lowest BCUT2D eigenvalue weighted by Crippen LogP contribution is -1.92. The molecule has 1 N–H and O–H groups in total. The molecule has 3 rings (SSSR count). The minimum Gasteiger partial charge on any atom is -0.388 e. The Hall–Kier alpha value is -3.27. The topological polar surface area (TPSA) is 50.2 Å². The molecular weight excluding hydrogens is 320 g/mol. The van der Waals surface area contributed by atoms with E-state index in [2.05, 4.69) is 50.6 Å². The standard InChI is InChI=1S/C22H22N4/c1-4-7-17(13-24-5-2)18-10-19-14-25-15-26-22(19)21(12-18)16-8-6-9-20(11-16)23-3/h4-15,23H,1-3H3/b7-4-,17-13+,24-5-. The van der Waals surface area contributed by atoms with Crippen LogP contribution in [-0.4, -0.2) is 23.2 Å². The number of rotatable bonds is 5. The third-order valence-electron chi connectivity index (χ3n) is 4.11. The molecular formula is C22H22N4. The summed E-state index contributed by atoms with van der Waals surface area (Å²) in [5.41, 5.74) is 6.32. The van der Waals surface area contributed by atoms with Crippen LogP contribution in [0.3, 0.4) is 0 Å². The molecule has 0 aliphatic heterocycles. The van der Waals surface area contributed by atoms with Crippen molar-refractivity contribution >= 4 is 28.4 Å². The van der Waals surface area contributed by atoms with Crippen LogP contribution in [0.1, 0.15) is 19.4 Å². The number of hydrogen-bond donors (Lipinski definition) is 1. The van der Waals surface area contributed by atoms with Gasteiger partial charge in [0.25, 0.3) is 0 Å². The molecule has 4 heteroatoms. The number of fused-ring (bicyclic) bond motifs is 1. The van der Waals surface area contributed by atoms with E-state index in [1.165, 1.54) is 0 Å². The maximum atomic E-state index is 4.52. The normalized spacial score (nSPS) is 12.3. The van der Waals surface area contributed by atoms with Crippen LogP contribution in [0.15, 0.2) is 72.3 Å². The highest BCUT2D eigenvalue weighted by molar-refractivity contribution is 5.97. The van der Waals surface area contributed by atoms with Gasteiger partial charge in [-0.05, 0) is 54.8 Å². The SMILES string of the molecule is C\C=C/C(=C\N=C/C)c1cc(-c2cccc(NC)c2)c2ncncc2c1. The van der Waals surface area contributed by atoms with E-state index >= 15 is 0 Å². The fourth-order valence-electron chi connectivity index (χ4n) is 2.88. The Bertz CT molecular complexity index is 1000. The summed E-state index contributed by atoms with van der Waals surface area (Å²) in [5.74, 6) is 0. The first-order chi connectivity index (χ1) is 12.8.